The van der Waals surface area contributed by atoms with Crippen molar-refractivity contribution in [3.05, 3.63) is 76.2 Å². The Morgan fingerprint density at radius 1 is 1.00 bits per heavy atom. The van der Waals surface area contributed by atoms with E-state index in [1.165, 1.54) is 0 Å². The number of aromatic amines is 1. The average molecular weight is 363 g/mol. The molecule has 0 unspecified atom stereocenters. The molecule has 2 N–H and O–H groups in total. The van der Waals surface area contributed by atoms with Gasteiger partial charge in [-0.2, -0.15) is 0 Å². The number of benzene rings is 2. The summed E-state index contributed by atoms with van der Waals surface area (Å²) >= 11 is 0. The van der Waals surface area contributed by atoms with Gasteiger partial charge < -0.3 is 15.0 Å². The van der Waals surface area contributed by atoms with Crippen molar-refractivity contribution in [2.24, 2.45) is 0 Å². The van der Waals surface area contributed by atoms with Gasteiger partial charge in [-0.1, -0.05) is 42.5 Å². The summed E-state index contributed by atoms with van der Waals surface area (Å²) in [6.07, 6.45) is 0.452. The third kappa shape index (κ3) is 4.15. The first-order chi connectivity index (χ1) is 13.3. The average Bonchev–Trinajstić information content (AvgIpc) is 2.72. The zero-order chi connectivity index (χ0) is 18.5. The van der Waals surface area contributed by atoms with Gasteiger partial charge in [-0.3, -0.25) is 9.78 Å². The fourth-order valence-electron chi connectivity index (χ4n) is 3.11. The first kappa shape index (κ1) is 17.2. The number of morpholine rings is 1. The highest BCUT2D eigenvalue weighted by atomic mass is 16.5. The zero-order valence-corrected chi connectivity index (χ0v) is 14.9. The van der Waals surface area contributed by atoms with Gasteiger partial charge in [-0.25, -0.2) is 0 Å². The number of nitrogens with zero attached hydrogens (tertiary/aromatic N) is 3. The second-order valence-electron chi connectivity index (χ2n) is 6.35. The normalized spacial score (nSPS) is 14.1. The molecule has 4 rings (SSSR count). The van der Waals surface area contributed by atoms with Crippen LogP contribution in [0.4, 0.5) is 17.3 Å². The van der Waals surface area contributed by atoms with Gasteiger partial charge in [0, 0.05) is 19.5 Å². The van der Waals surface area contributed by atoms with Gasteiger partial charge in [-0.15, -0.1) is 10.2 Å². The van der Waals surface area contributed by atoms with E-state index in [2.05, 4.69) is 25.4 Å². The lowest BCUT2D eigenvalue weighted by Crippen LogP contribution is -2.36. The number of ether oxygens (including phenoxy) is 1. The van der Waals surface area contributed by atoms with Crippen LogP contribution < -0.4 is 15.8 Å². The van der Waals surface area contributed by atoms with Gasteiger partial charge in [0.2, 0.25) is 5.95 Å². The summed E-state index contributed by atoms with van der Waals surface area (Å²) < 4.78 is 5.43. The topological polar surface area (TPSA) is 83.1 Å². The summed E-state index contributed by atoms with van der Waals surface area (Å²) in [6.45, 7) is 3.08. The molecule has 0 atom stereocenters. The maximum absolute atomic E-state index is 12.4. The molecule has 1 aromatic heterocycles. The van der Waals surface area contributed by atoms with E-state index in [0.29, 0.717) is 31.3 Å². The summed E-state index contributed by atoms with van der Waals surface area (Å²) in [5.41, 5.74) is 3.11. The molecule has 7 heteroatoms. The number of aromatic nitrogens is 3. The van der Waals surface area contributed by atoms with Crippen LogP contribution >= 0.6 is 0 Å². The van der Waals surface area contributed by atoms with Crippen molar-refractivity contribution in [2.75, 3.05) is 36.5 Å². The van der Waals surface area contributed by atoms with E-state index in [9.17, 15) is 4.79 Å². The summed E-state index contributed by atoms with van der Waals surface area (Å²) in [5.74, 6) is 0.331. The fraction of sp³-hybridized carbons (Fsp3) is 0.250. The Morgan fingerprint density at radius 2 is 1.74 bits per heavy atom. The lowest BCUT2D eigenvalue weighted by atomic mass is 10.1. The molecule has 3 aromatic rings. The van der Waals surface area contributed by atoms with Crippen LogP contribution in [0.5, 0.6) is 0 Å². The molecule has 0 radical (unpaired) electrons. The van der Waals surface area contributed by atoms with Crippen molar-refractivity contribution < 1.29 is 4.74 Å². The van der Waals surface area contributed by atoms with Crippen LogP contribution in [-0.2, 0) is 11.2 Å². The molecule has 0 bridgehead atoms. The second kappa shape index (κ2) is 8.01. The van der Waals surface area contributed by atoms with E-state index in [4.69, 9.17) is 4.74 Å². The lowest BCUT2D eigenvalue weighted by Gasteiger charge is -2.30. The fourth-order valence-corrected chi connectivity index (χ4v) is 3.11. The van der Waals surface area contributed by atoms with Crippen LogP contribution in [0.2, 0.25) is 0 Å². The predicted octanol–water partition coefficient (Wildman–Crippen LogP) is 2.34. The van der Waals surface area contributed by atoms with Gasteiger partial charge in [-0.05, 0) is 17.7 Å². The maximum Gasteiger partial charge on any atom is 0.274 e. The Hall–Kier alpha value is -3.19. The van der Waals surface area contributed by atoms with Crippen LogP contribution in [0.1, 0.15) is 11.3 Å². The molecule has 2 aromatic carbocycles. The summed E-state index contributed by atoms with van der Waals surface area (Å²) in [6, 6.07) is 17.7. The highest BCUT2D eigenvalue weighted by molar-refractivity contribution is 5.73. The van der Waals surface area contributed by atoms with Gasteiger partial charge >= 0.3 is 0 Å². The Morgan fingerprint density at radius 3 is 2.52 bits per heavy atom. The van der Waals surface area contributed by atoms with E-state index in [1.807, 2.05) is 54.6 Å². The number of H-pyrrole nitrogens is 1. The lowest BCUT2D eigenvalue weighted by molar-refractivity contribution is 0.123. The summed E-state index contributed by atoms with van der Waals surface area (Å²) in [4.78, 5) is 17.4. The quantitative estimate of drug-likeness (QED) is 0.724. The van der Waals surface area contributed by atoms with Crippen molar-refractivity contribution >= 4 is 17.3 Å². The third-order valence-electron chi connectivity index (χ3n) is 4.49. The van der Waals surface area contributed by atoms with Crippen molar-refractivity contribution in [2.45, 2.75) is 6.42 Å². The number of anilines is 3. The molecule has 27 heavy (non-hydrogen) atoms. The van der Waals surface area contributed by atoms with E-state index >= 15 is 0 Å². The number of hydrogen-bond acceptors (Lipinski definition) is 6. The van der Waals surface area contributed by atoms with E-state index < -0.39 is 0 Å². The Bertz CT molecular complexity index is 952. The number of para-hydroxylation sites is 2. The van der Waals surface area contributed by atoms with Crippen LogP contribution in [0.25, 0.3) is 0 Å². The number of hydrogen-bond donors (Lipinski definition) is 2. The first-order valence-electron chi connectivity index (χ1n) is 8.98. The monoisotopic (exact) mass is 363 g/mol. The molecule has 2 heterocycles. The maximum atomic E-state index is 12.4. The van der Waals surface area contributed by atoms with Crippen LogP contribution in [0.3, 0.4) is 0 Å². The van der Waals surface area contributed by atoms with Gasteiger partial charge in [0.1, 0.15) is 5.69 Å². The molecule has 1 fully saturated rings. The highest BCUT2D eigenvalue weighted by Crippen LogP contribution is 2.27. The minimum Gasteiger partial charge on any atom is -0.378 e. The van der Waals surface area contributed by atoms with Crippen molar-refractivity contribution in [3.63, 3.8) is 0 Å². The van der Waals surface area contributed by atoms with E-state index in [-0.39, 0.29) is 5.56 Å². The summed E-state index contributed by atoms with van der Waals surface area (Å²) in [7, 11) is 0. The molecule has 0 aliphatic carbocycles. The van der Waals surface area contributed by atoms with Crippen LogP contribution in [-0.4, -0.2) is 41.5 Å². The molecule has 1 aliphatic rings. The van der Waals surface area contributed by atoms with E-state index in [0.717, 1.165) is 30.0 Å². The SMILES string of the molecule is O=c1[nH]c(Nc2ccccc2N2CCOCC2)nnc1Cc1ccccc1. The van der Waals surface area contributed by atoms with Gasteiger partial charge in [0.25, 0.3) is 5.56 Å². The predicted molar refractivity (Wildman–Crippen MR) is 105 cm³/mol. The largest absolute Gasteiger partial charge is 0.378 e. The molecule has 1 aliphatic heterocycles. The molecule has 0 saturated carbocycles. The van der Waals surface area contributed by atoms with Gasteiger partial charge in [0.05, 0.1) is 24.6 Å². The number of nitrogens with one attached hydrogen (secondary N) is 2. The molecule has 1 saturated heterocycles. The Balaban J connectivity index is 1.53. The van der Waals surface area contributed by atoms with Crippen LogP contribution in [0, 0.1) is 0 Å². The Labute approximate surface area is 157 Å². The van der Waals surface area contributed by atoms with Gasteiger partial charge in [0.15, 0.2) is 0 Å². The van der Waals surface area contributed by atoms with Crippen LogP contribution in [0.15, 0.2) is 59.4 Å². The minimum atomic E-state index is -0.236. The summed E-state index contributed by atoms with van der Waals surface area (Å²) in [5, 5.41) is 11.5. The zero-order valence-electron chi connectivity index (χ0n) is 14.9. The molecule has 0 amide bonds. The molecule has 7 nitrogen and oxygen atoms in total. The minimum absolute atomic E-state index is 0.236. The molecular formula is C20H21N5O2. The first-order valence-corrected chi connectivity index (χ1v) is 8.98. The van der Waals surface area contributed by atoms with Crippen molar-refractivity contribution in [3.8, 4) is 0 Å². The van der Waals surface area contributed by atoms with Crippen molar-refractivity contribution in [1.82, 2.24) is 15.2 Å². The van der Waals surface area contributed by atoms with Crippen molar-refractivity contribution in [1.29, 1.82) is 0 Å². The number of rotatable bonds is 5. The smallest absolute Gasteiger partial charge is 0.274 e. The van der Waals surface area contributed by atoms with E-state index in [1.54, 1.807) is 0 Å². The molecule has 138 valence electrons. The Kier molecular flexibility index (Phi) is 5.11. The molecule has 0 spiro atoms. The third-order valence-corrected chi connectivity index (χ3v) is 4.49. The second-order valence-corrected chi connectivity index (χ2v) is 6.35. The highest BCUT2D eigenvalue weighted by Gasteiger charge is 2.15. The molecular weight excluding hydrogens is 342 g/mol. The standard InChI is InChI=1S/C20H21N5O2/c26-19-17(14-15-6-2-1-3-7-15)23-24-20(22-19)21-16-8-4-5-9-18(16)25-10-12-27-13-11-25/h1-9H,10-14H2,(H2,21,22,24,26).